The standard InChI is InChI=1S/C30H27FN4O2/c1-20-12-14-21(15-13-20)29-27-11-6-18-33(27)25-9-4-5-10-26(25)35(29)28(36)19-34(22-16-17-22)30(37)32-24-8-3-2-7-23(24)31/h2-15,18,22,29H,16-17,19H2,1H3,(H,32,37). The van der Waals surface area contributed by atoms with Gasteiger partial charge in [0.15, 0.2) is 0 Å². The predicted molar refractivity (Wildman–Crippen MR) is 141 cm³/mol. The lowest BCUT2D eigenvalue weighted by molar-refractivity contribution is -0.119. The van der Waals surface area contributed by atoms with E-state index < -0.39 is 11.8 Å². The van der Waals surface area contributed by atoms with Crippen molar-refractivity contribution in [1.29, 1.82) is 0 Å². The van der Waals surface area contributed by atoms with Crippen LogP contribution in [0, 0.1) is 12.7 Å². The molecule has 0 bridgehead atoms. The molecule has 1 aliphatic heterocycles. The number of aromatic nitrogens is 1. The molecular formula is C30H27FN4O2. The van der Waals surface area contributed by atoms with Gasteiger partial charge in [0.1, 0.15) is 18.4 Å². The molecule has 1 N–H and O–H groups in total. The molecule has 6 nitrogen and oxygen atoms in total. The van der Waals surface area contributed by atoms with Crippen LogP contribution in [0.1, 0.15) is 35.7 Å². The quantitative estimate of drug-likeness (QED) is 0.367. The number of fused-ring (bicyclic) bond motifs is 3. The molecule has 1 fully saturated rings. The highest BCUT2D eigenvalue weighted by Crippen LogP contribution is 2.42. The Morgan fingerprint density at radius 2 is 1.62 bits per heavy atom. The number of hydrogen-bond acceptors (Lipinski definition) is 2. The van der Waals surface area contributed by atoms with Crippen molar-refractivity contribution in [3.05, 3.63) is 114 Å². The summed E-state index contributed by atoms with van der Waals surface area (Å²) >= 11 is 0. The van der Waals surface area contributed by atoms with E-state index >= 15 is 0 Å². The van der Waals surface area contributed by atoms with Crippen molar-refractivity contribution in [1.82, 2.24) is 9.47 Å². The fraction of sp³-hybridized carbons (Fsp3) is 0.200. The van der Waals surface area contributed by atoms with Crippen LogP contribution >= 0.6 is 0 Å². The molecular weight excluding hydrogens is 467 g/mol. The molecule has 2 heterocycles. The molecule has 1 unspecified atom stereocenters. The molecule has 0 saturated heterocycles. The third kappa shape index (κ3) is 4.27. The second-order valence-electron chi connectivity index (χ2n) is 9.64. The number of anilines is 2. The molecule has 0 radical (unpaired) electrons. The summed E-state index contributed by atoms with van der Waals surface area (Å²) < 4.78 is 16.3. The highest BCUT2D eigenvalue weighted by Gasteiger charge is 2.40. The van der Waals surface area contributed by atoms with Crippen LogP contribution in [0.5, 0.6) is 0 Å². The first-order valence-corrected chi connectivity index (χ1v) is 12.5. The Bertz CT molecular complexity index is 1470. The molecule has 3 aromatic carbocycles. The first kappa shape index (κ1) is 23.0. The second kappa shape index (κ2) is 9.24. The summed E-state index contributed by atoms with van der Waals surface area (Å²) in [5.74, 6) is -0.705. The van der Waals surface area contributed by atoms with Crippen LogP contribution < -0.4 is 10.2 Å². The molecule has 1 aromatic heterocycles. The highest BCUT2D eigenvalue weighted by molar-refractivity contribution is 6.01. The first-order valence-electron chi connectivity index (χ1n) is 12.5. The zero-order chi connectivity index (χ0) is 25.5. The molecule has 4 aromatic rings. The summed E-state index contributed by atoms with van der Waals surface area (Å²) in [6, 6.07) is 25.2. The van der Waals surface area contributed by atoms with Crippen LogP contribution in [-0.4, -0.2) is 34.0 Å². The average Bonchev–Trinajstić information content (AvgIpc) is 3.63. The van der Waals surface area contributed by atoms with Gasteiger partial charge in [0.2, 0.25) is 5.91 Å². The van der Waals surface area contributed by atoms with E-state index in [1.54, 1.807) is 17.0 Å². The molecule has 0 spiro atoms. The maximum atomic E-state index is 14.2. The summed E-state index contributed by atoms with van der Waals surface area (Å²) in [6.45, 7) is 1.93. The maximum Gasteiger partial charge on any atom is 0.322 e. The Morgan fingerprint density at radius 1 is 0.919 bits per heavy atom. The minimum Gasteiger partial charge on any atom is -0.316 e. The van der Waals surface area contributed by atoms with Gasteiger partial charge in [-0.2, -0.15) is 0 Å². The average molecular weight is 495 g/mol. The number of aryl methyl sites for hydroxylation is 1. The third-order valence-corrected chi connectivity index (χ3v) is 7.05. The topological polar surface area (TPSA) is 57.6 Å². The van der Waals surface area contributed by atoms with Gasteiger partial charge < -0.3 is 14.8 Å². The first-order chi connectivity index (χ1) is 18.0. The predicted octanol–water partition coefficient (Wildman–Crippen LogP) is 6.06. The van der Waals surface area contributed by atoms with Crippen LogP contribution in [0.3, 0.4) is 0 Å². The summed E-state index contributed by atoms with van der Waals surface area (Å²) in [4.78, 5) is 30.7. The Kier molecular flexibility index (Phi) is 5.75. The van der Waals surface area contributed by atoms with Crippen LogP contribution in [-0.2, 0) is 4.79 Å². The van der Waals surface area contributed by atoms with E-state index in [0.29, 0.717) is 0 Å². The van der Waals surface area contributed by atoms with E-state index in [0.717, 1.165) is 41.0 Å². The molecule has 2 aliphatic rings. The Balaban J connectivity index is 1.36. The number of halogens is 1. The minimum atomic E-state index is -0.511. The fourth-order valence-corrected chi connectivity index (χ4v) is 5.05. The number of benzene rings is 3. The number of carbonyl (C=O) groups excluding carboxylic acids is 2. The molecule has 37 heavy (non-hydrogen) atoms. The van der Waals surface area contributed by atoms with Gasteiger partial charge in [-0.25, -0.2) is 9.18 Å². The zero-order valence-electron chi connectivity index (χ0n) is 20.5. The number of hydrogen-bond donors (Lipinski definition) is 1. The van der Waals surface area contributed by atoms with E-state index in [1.165, 1.54) is 17.0 Å². The van der Waals surface area contributed by atoms with E-state index in [9.17, 15) is 14.0 Å². The largest absolute Gasteiger partial charge is 0.322 e. The Morgan fingerprint density at radius 3 is 2.35 bits per heavy atom. The van der Waals surface area contributed by atoms with Crippen molar-refractivity contribution < 1.29 is 14.0 Å². The van der Waals surface area contributed by atoms with Gasteiger partial charge in [-0.3, -0.25) is 9.69 Å². The van der Waals surface area contributed by atoms with Gasteiger partial charge in [-0.05, 0) is 61.7 Å². The van der Waals surface area contributed by atoms with Crippen molar-refractivity contribution in [2.24, 2.45) is 0 Å². The van der Waals surface area contributed by atoms with Crippen LogP contribution in [0.2, 0.25) is 0 Å². The second-order valence-corrected chi connectivity index (χ2v) is 9.64. The number of nitrogens with one attached hydrogen (secondary N) is 1. The van der Waals surface area contributed by atoms with E-state index in [1.807, 2.05) is 61.7 Å². The van der Waals surface area contributed by atoms with E-state index in [-0.39, 0.29) is 30.2 Å². The van der Waals surface area contributed by atoms with Gasteiger partial charge in [0, 0.05) is 12.2 Å². The summed E-state index contributed by atoms with van der Waals surface area (Å²) in [7, 11) is 0. The third-order valence-electron chi connectivity index (χ3n) is 7.05. The SMILES string of the molecule is Cc1ccc(C2c3cccn3-c3ccccc3N2C(=O)CN(C(=O)Nc2ccccc2F)C2CC2)cc1. The number of carbonyl (C=O) groups is 2. The molecule has 186 valence electrons. The number of rotatable bonds is 5. The van der Waals surface area contributed by atoms with Crippen molar-refractivity contribution in [3.63, 3.8) is 0 Å². The van der Waals surface area contributed by atoms with Crippen molar-refractivity contribution in [3.8, 4) is 5.69 Å². The van der Waals surface area contributed by atoms with Crippen LogP contribution in [0.15, 0.2) is 91.1 Å². The summed E-state index contributed by atoms with van der Waals surface area (Å²) in [6.07, 6.45) is 3.65. The Labute approximate surface area is 214 Å². The molecule has 6 rings (SSSR count). The number of amides is 3. The normalized spacial score (nSPS) is 16.1. The number of nitrogens with zero attached hydrogens (tertiary/aromatic N) is 3. The monoisotopic (exact) mass is 494 g/mol. The van der Waals surface area contributed by atoms with Gasteiger partial charge in [0.25, 0.3) is 0 Å². The summed E-state index contributed by atoms with van der Waals surface area (Å²) in [5, 5.41) is 2.66. The van der Waals surface area contributed by atoms with Crippen LogP contribution in [0.4, 0.5) is 20.6 Å². The number of para-hydroxylation sites is 3. The number of urea groups is 1. The lowest BCUT2D eigenvalue weighted by Crippen LogP contribution is -2.48. The smallest absolute Gasteiger partial charge is 0.316 e. The minimum absolute atomic E-state index is 0.0440. The molecule has 3 amide bonds. The van der Waals surface area contributed by atoms with Gasteiger partial charge in [0.05, 0.1) is 22.8 Å². The zero-order valence-corrected chi connectivity index (χ0v) is 20.5. The van der Waals surface area contributed by atoms with E-state index in [2.05, 4.69) is 22.0 Å². The molecule has 1 aliphatic carbocycles. The van der Waals surface area contributed by atoms with Crippen molar-refractivity contribution in [2.75, 3.05) is 16.8 Å². The highest BCUT2D eigenvalue weighted by atomic mass is 19.1. The molecule has 1 saturated carbocycles. The van der Waals surface area contributed by atoms with Gasteiger partial charge >= 0.3 is 6.03 Å². The lowest BCUT2D eigenvalue weighted by atomic mass is 9.97. The Hall–Kier alpha value is -4.39. The molecule has 7 heteroatoms. The summed E-state index contributed by atoms with van der Waals surface area (Å²) in [5.41, 5.74) is 4.90. The van der Waals surface area contributed by atoms with Crippen molar-refractivity contribution in [2.45, 2.75) is 31.8 Å². The maximum absolute atomic E-state index is 14.2. The lowest BCUT2D eigenvalue weighted by Gasteiger charge is -2.39. The fourth-order valence-electron chi connectivity index (χ4n) is 5.05. The van der Waals surface area contributed by atoms with E-state index in [4.69, 9.17) is 0 Å². The van der Waals surface area contributed by atoms with Gasteiger partial charge in [-0.1, -0.05) is 54.1 Å². The van der Waals surface area contributed by atoms with Gasteiger partial charge in [-0.15, -0.1) is 0 Å². The van der Waals surface area contributed by atoms with Crippen LogP contribution in [0.25, 0.3) is 5.69 Å². The molecule has 1 atom stereocenters. The van der Waals surface area contributed by atoms with Crippen molar-refractivity contribution >= 4 is 23.3 Å².